The summed E-state index contributed by atoms with van der Waals surface area (Å²) in [6.07, 6.45) is 9.08. The number of benzene rings is 1. The lowest BCUT2D eigenvalue weighted by Crippen LogP contribution is -2.23. The SMILES string of the molecule is Cc1ccn2c(NC3CCCCC3)c(-c3ccccc3OC(=O)CCCCl)nc2c1. The largest absolute Gasteiger partial charge is 0.426 e. The van der Waals surface area contributed by atoms with Gasteiger partial charge in [-0.1, -0.05) is 31.4 Å². The van der Waals surface area contributed by atoms with Crippen molar-refractivity contribution in [3.8, 4) is 17.0 Å². The average Bonchev–Trinajstić information content (AvgIpc) is 3.10. The Morgan fingerprint density at radius 3 is 2.83 bits per heavy atom. The molecule has 1 aliphatic rings. The molecule has 3 aromatic rings. The first-order valence-electron chi connectivity index (χ1n) is 10.8. The third kappa shape index (κ3) is 4.62. The van der Waals surface area contributed by atoms with Gasteiger partial charge in [0.2, 0.25) is 0 Å². The van der Waals surface area contributed by atoms with Crippen LogP contribution in [0.15, 0.2) is 42.6 Å². The zero-order valence-corrected chi connectivity index (χ0v) is 18.1. The molecule has 0 bridgehead atoms. The number of esters is 1. The van der Waals surface area contributed by atoms with Crippen LogP contribution in [0.1, 0.15) is 50.5 Å². The normalized spacial score (nSPS) is 14.7. The van der Waals surface area contributed by atoms with E-state index >= 15 is 0 Å². The number of hydrogen-bond donors (Lipinski definition) is 1. The predicted octanol–water partition coefficient (Wildman–Crippen LogP) is 5.98. The lowest BCUT2D eigenvalue weighted by atomic mass is 9.95. The molecular weight excluding hydrogens is 398 g/mol. The monoisotopic (exact) mass is 425 g/mol. The molecule has 1 N–H and O–H groups in total. The van der Waals surface area contributed by atoms with Crippen LogP contribution in [0.2, 0.25) is 0 Å². The minimum absolute atomic E-state index is 0.274. The van der Waals surface area contributed by atoms with Crippen LogP contribution in [0.4, 0.5) is 5.82 Å². The zero-order valence-electron chi connectivity index (χ0n) is 17.4. The molecule has 0 aliphatic heterocycles. The number of imidazole rings is 1. The molecule has 2 heterocycles. The molecule has 30 heavy (non-hydrogen) atoms. The Kier molecular flexibility index (Phi) is 6.58. The molecule has 1 fully saturated rings. The molecule has 1 aliphatic carbocycles. The summed E-state index contributed by atoms with van der Waals surface area (Å²) in [7, 11) is 0. The fourth-order valence-corrected chi connectivity index (χ4v) is 4.18. The quantitative estimate of drug-likeness (QED) is 0.287. The number of aromatic nitrogens is 2. The number of nitrogens with one attached hydrogen (secondary N) is 1. The molecule has 5 nitrogen and oxygen atoms in total. The van der Waals surface area contributed by atoms with Gasteiger partial charge in [0.1, 0.15) is 22.9 Å². The summed E-state index contributed by atoms with van der Waals surface area (Å²) in [6, 6.07) is 12.2. The van der Waals surface area contributed by atoms with Crippen molar-refractivity contribution in [3.63, 3.8) is 0 Å². The molecule has 0 unspecified atom stereocenters. The third-order valence-electron chi connectivity index (χ3n) is 5.61. The van der Waals surface area contributed by atoms with Gasteiger partial charge in [-0.15, -0.1) is 11.6 Å². The average molecular weight is 426 g/mol. The van der Waals surface area contributed by atoms with Gasteiger partial charge in [0.05, 0.1) is 0 Å². The lowest BCUT2D eigenvalue weighted by Gasteiger charge is -2.24. The number of carbonyl (C=O) groups is 1. The van der Waals surface area contributed by atoms with Crippen LogP contribution < -0.4 is 10.1 Å². The van der Waals surface area contributed by atoms with E-state index in [0.29, 0.717) is 30.5 Å². The Bertz CT molecular complexity index is 1020. The molecule has 0 spiro atoms. The zero-order chi connectivity index (χ0) is 20.9. The highest BCUT2D eigenvalue weighted by molar-refractivity contribution is 6.17. The summed E-state index contributed by atoms with van der Waals surface area (Å²) in [5.74, 6) is 1.66. The highest BCUT2D eigenvalue weighted by Crippen LogP contribution is 2.37. The van der Waals surface area contributed by atoms with E-state index in [1.54, 1.807) is 0 Å². The second kappa shape index (κ2) is 9.52. The minimum Gasteiger partial charge on any atom is -0.426 e. The highest BCUT2D eigenvalue weighted by atomic mass is 35.5. The van der Waals surface area contributed by atoms with Gasteiger partial charge in [-0.3, -0.25) is 9.20 Å². The van der Waals surface area contributed by atoms with Gasteiger partial charge in [-0.2, -0.15) is 0 Å². The standard InChI is InChI=1S/C24H28ClN3O2/c1-17-13-15-28-21(16-17)27-23(24(28)26-18-8-3-2-4-9-18)19-10-5-6-11-20(19)30-22(29)12-7-14-25/h5-6,10-11,13,15-16,18,26H,2-4,7-9,12,14H2,1H3. The Labute approximate surface area is 182 Å². The maximum atomic E-state index is 12.3. The number of pyridine rings is 1. The fourth-order valence-electron chi connectivity index (χ4n) is 4.05. The minimum atomic E-state index is -0.274. The number of hydrogen-bond acceptors (Lipinski definition) is 4. The maximum Gasteiger partial charge on any atom is 0.311 e. The molecule has 0 atom stereocenters. The van der Waals surface area contributed by atoms with Gasteiger partial charge in [-0.05, 0) is 56.0 Å². The summed E-state index contributed by atoms with van der Waals surface area (Å²) >= 11 is 5.72. The Balaban J connectivity index is 1.74. The van der Waals surface area contributed by atoms with E-state index in [2.05, 4.69) is 35.0 Å². The lowest BCUT2D eigenvalue weighted by molar-refractivity contribution is -0.134. The van der Waals surface area contributed by atoms with Gasteiger partial charge >= 0.3 is 5.97 Å². The number of fused-ring (bicyclic) bond motifs is 1. The summed E-state index contributed by atoms with van der Waals surface area (Å²) in [5, 5.41) is 3.75. The van der Waals surface area contributed by atoms with E-state index in [1.165, 1.54) is 19.3 Å². The second-order valence-corrected chi connectivity index (χ2v) is 8.36. The van der Waals surface area contributed by atoms with Crippen LogP contribution in [0.5, 0.6) is 5.75 Å². The molecule has 0 amide bonds. The number of anilines is 1. The Hall–Kier alpha value is -2.53. The third-order valence-corrected chi connectivity index (χ3v) is 5.88. The smallest absolute Gasteiger partial charge is 0.311 e. The molecule has 2 aromatic heterocycles. The number of aryl methyl sites for hydroxylation is 1. The highest BCUT2D eigenvalue weighted by Gasteiger charge is 2.22. The molecule has 158 valence electrons. The van der Waals surface area contributed by atoms with Crippen LogP contribution in [0, 0.1) is 6.92 Å². The van der Waals surface area contributed by atoms with Gasteiger partial charge in [0.15, 0.2) is 0 Å². The number of halogens is 1. The van der Waals surface area contributed by atoms with E-state index in [0.717, 1.165) is 41.1 Å². The van der Waals surface area contributed by atoms with Crippen molar-refractivity contribution < 1.29 is 9.53 Å². The van der Waals surface area contributed by atoms with E-state index in [4.69, 9.17) is 21.3 Å². The van der Waals surface area contributed by atoms with Crippen molar-refractivity contribution in [1.29, 1.82) is 0 Å². The Morgan fingerprint density at radius 1 is 1.23 bits per heavy atom. The molecular formula is C24H28ClN3O2. The number of carbonyl (C=O) groups excluding carboxylic acids is 1. The fraction of sp³-hybridized carbons (Fsp3) is 0.417. The molecule has 1 saturated carbocycles. The van der Waals surface area contributed by atoms with Gasteiger partial charge < -0.3 is 10.1 Å². The second-order valence-electron chi connectivity index (χ2n) is 7.98. The van der Waals surface area contributed by atoms with Crippen LogP contribution in [0.3, 0.4) is 0 Å². The van der Waals surface area contributed by atoms with Gasteiger partial charge in [0, 0.05) is 30.1 Å². The van der Waals surface area contributed by atoms with Crippen LogP contribution in [-0.4, -0.2) is 27.3 Å². The van der Waals surface area contributed by atoms with Crippen molar-refractivity contribution in [2.75, 3.05) is 11.2 Å². The first-order valence-corrected chi connectivity index (χ1v) is 11.3. The number of para-hydroxylation sites is 1. The van der Waals surface area contributed by atoms with Crippen molar-refractivity contribution >= 4 is 29.0 Å². The summed E-state index contributed by atoms with van der Waals surface area (Å²) in [5.41, 5.74) is 3.67. The van der Waals surface area contributed by atoms with Gasteiger partial charge in [-0.25, -0.2) is 4.98 Å². The molecule has 6 heteroatoms. The first kappa shape index (κ1) is 20.7. The topological polar surface area (TPSA) is 55.6 Å². The Morgan fingerprint density at radius 2 is 2.03 bits per heavy atom. The van der Waals surface area contributed by atoms with Crippen LogP contribution in [0.25, 0.3) is 16.9 Å². The summed E-state index contributed by atoms with van der Waals surface area (Å²) < 4.78 is 7.79. The van der Waals surface area contributed by atoms with Gasteiger partial charge in [0.25, 0.3) is 0 Å². The summed E-state index contributed by atoms with van der Waals surface area (Å²) in [4.78, 5) is 17.2. The van der Waals surface area contributed by atoms with Crippen molar-refractivity contribution in [2.24, 2.45) is 0 Å². The molecule has 0 saturated heterocycles. The van der Waals surface area contributed by atoms with Crippen molar-refractivity contribution in [2.45, 2.75) is 57.9 Å². The number of rotatable bonds is 7. The molecule has 0 radical (unpaired) electrons. The van der Waals surface area contributed by atoms with Crippen molar-refractivity contribution in [3.05, 3.63) is 48.2 Å². The summed E-state index contributed by atoms with van der Waals surface area (Å²) in [6.45, 7) is 2.06. The van der Waals surface area contributed by atoms with E-state index in [1.807, 2.05) is 24.3 Å². The predicted molar refractivity (Wildman–Crippen MR) is 121 cm³/mol. The van der Waals surface area contributed by atoms with Crippen molar-refractivity contribution in [1.82, 2.24) is 9.38 Å². The van der Waals surface area contributed by atoms with Crippen LogP contribution >= 0.6 is 11.6 Å². The van der Waals surface area contributed by atoms with E-state index < -0.39 is 0 Å². The molecule has 1 aromatic carbocycles. The number of ether oxygens (including phenoxy) is 1. The molecule has 4 rings (SSSR count). The first-order chi connectivity index (χ1) is 14.7. The maximum absolute atomic E-state index is 12.3. The number of alkyl halides is 1. The number of nitrogens with zero attached hydrogens (tertiary/aromatic N) is 2. The van der Waals surface area contributed by atoms with E-state index in [9.17, 15) is 4.79 Å². The van der Waals surface area contributed by atoms with E-state index in [-0.39, 0.29) is 5.97 Å². The van der Waals surface area contributed by atoms with Crippen LogP contribution in [-0.2, 0) is 4.79 Å².